The number of fused-ring (bicyclic) bond motifs is 1. The predicted octanol–water partition coefficient (Wildman–Crippen LogP) is 4.96. The summed E-state index contributed by atoms with van der Waals surface area (Å²) >= 11 is 13.0. The highest BCUT2D eigenvalue weighted by Gasteiger charge is 2.38. The van der Waals surface area contributed by atoms with Crippen LogP contribution in [0, 0.1) is 18.7 Å². The predicted molar refractivity (Wildman–Crippen MR) is 157 cm³/mol. The molecule has 5 rings (SSSR count). The number of halogens is 3. The minimum atomic E-state index is -0.518. The van der Waals surface area contributed by atoms with E-state index in [0.717, 1.165) is 24.0 Å². The van der Waals surface area contributed by atoms with Gasteiger partial charge in [-0.2, -0.15) is 0 Å². The number of carbonyl (C=O) groups is 2. The first-order valence-corrected chi connectivity index (χ1v) is 14.3. The van der Waals surface area contributed by atoms with Crippen LogP contribution in [-0.2, 0) is 16.1 Å². The molecule has 2 aliphatic heterocycles. The summed E-state index contributed by atoms with van der Waals surface area (Å²) in [4.78, 5) is 29.7. The van der Waals surface area contributed by atoms with Crippen molar-refractivity contribution in [3.8, 4) is 0 Å². The molecule has 2 aromatic rings. The molecule has 1 aliphatic carbocycles. The van der Waals surface area contributed by atoms with Crippen molar-refractivity contribution in [1.29, 1.82) is 0 Å². The smallest absolute Gasteiger partial charge is 0.253 e. The highest BCUT2D eigenvalue weighted by atomic mass is 35.5. The second-order valence-electron chi connectivity index (χ2n) is 10.6. The summed E-state index contributed by atoms with van der Waals surface area (Å²) in [5, 5.41) is 15.6. The van der Waals surface area contributed by atoms with Crippen LogP contribution < -0.4 is 20.4 Å². The van der Waals surface area contributed by atoms with Crippen molar-refractivity contribution in [1.82, 2.24) is 10.6 Å². The maximum absolute atomic E-state index is 15.8. The Balaban J connectivity index is 1.42. The topological polar surface area (TPSA) is 84.9 Å². The standard InChI is InChI=1S/C30H33Cl2FN4O3/c1-17-12-21(31)6-5-19(17)14-35-30(40)24-16-37(22-7-8-22)27-23(18(24)2)13-25(33)28(26(27)32)36-10-3-4-20(15-36)29(39)34-9-11-38/h5-6,12-13,16,20,22,38H,2-4,7-11,14-15H2,1H3,(H,34,39)(H,35,40). The summed E-state index contributed by atoms with van der Waals surface area (Å²) in [5.74, 6) is -1.31. The first-order valence-electron chi connectivity index (χ1n) is 13.6. The minimum absolute atomic E-state index is 0.136. The Hall–Kier alpha value is -3.07. The van der Waals surface area contributed by atoms with E-state index in [0.29, 0.717) is 59.9 Å². The third kappa shape index (κ3) is 5.71. The number of aliphatic hydroxyl groups is 1. The highest BCUT2D eigenvalue weighted by molar-refractivity contribution is 6.37. The van der Waals surface area contributed by atoms with Gasteiger partial charge in [0.25, 0.3) is 5.91 Å². The number of carbonyl (C=O) groups excluding carboxylic acids is 2. The molecule has 0 bridgehead atoms. The van der Waals surface area contributed by atoms with Crippen molar-refractivity contribution in [2.24, 2.45) is 5.92 Å². The minimum Gasteiger partial charge on any atom is -0.395 e. The van der Waals surface area contributed by atoms with E-state index in [1.807, 2.05) is 28.9 Å². The maximum atomic E-state index is 15.8. The molecule has 3 aliphatic rings. The summed E-state index contributed by atoms with van der Waals surface area (Å²) in [5.41, 5.74) is 4.09. The normalized spacial score (nSPS) is 18.8. The Bertz CT molecular complexity index is 1390. The van der Waals surface area contributed by atoms with Gasteiger partial charge in [-0.05, 0) is 67.5 Å². The van der Waals surface area contributed by atoms with E-state index < -0.39 is 5.82 Å². The molecule has 10 heteroatoms. The van der Waals surface area contributed by atoms with Gasteiger partial charge in [0, 0.05) is 49.0 Å². The number of nitrogens with one attached hydrogen (secondary N) is 2. The number of amides is 2. The van der Waals surface area contributed by atoms with Gasteiger partial charge in [-0.1, -0.05) is 35.8 Å². The summed E-state index contributed by atoms with van der Waals surface area (Å²) in [6.07, 6.45) is 5.03. The van der Waals surface area contributed by atoms with Gasteiger partial charge in [0.05, 0.1) is 34.5 Å². The average molecular weight is 588 g/mol. The van der Waals surface area contributed by atoms with Crippen molar-refractivity contribution in [2.45, 2.75) is 45.2 Å². The summed E-state index contributed by atoms with van der Waals surface area (Å²) in [7, 11) is 0. The van der Waals surface area contributed by atoms with Crippen LogP contribution in [0.4, 0.5) is 15.8 Å². The zero-order valence-corrected chi connectivity index (χ0v) is 23.9. The van der Waals surface area contributed by atoms with Crippen molar-refractivity contribution in [3.63, 3.8) is 0 Å². The summed E-state index contributed by atoms with van der Waals surface area (Å²) < 4.78 is 15.8. The Morgan fingerprint density at radius 3 is 2.62 bits per heavy atom. The SMILES string of the molecule is C=C1C(C(=O)NCc2ccc(Cl)cc2C)=CN(C2CC2)c2c1cc(F)c(N1CCCC(C(=O)NCCO)C1)c2Cl. The van der Waals surface area contributed by atoms with E-state index in [9.17, 15) is 9.59 Å². The summed E-state index contributed by atoms with van der Waals surface area (Å²) in [6, 6.07) is 7.08. The third-order valence-electron chi connectivity index (χ3n) is 7.79. The van der Waals surface area contributed by atoms with Crippen LogP contribution >= 0.6 is 23.2 Å². The van der Waals surface area contributed by atoms with Crippen molar-refractivity contribution in [3.05, 3.63) is 75.2 Å². The number of benzene rings is 2. The number of piperidine rings is 1. The molecule has 2 amide bonds. The molecule has 2 heterocycles. The number of hydrogen-bond acceptors (Lipinski definition) is 5. The number of nitrogens with zero attached hydrogens (tertiary/aromatic N) is 2. The number of anilines is 2. The Morgan fingerprint density at radius 1 is 1.15 bits per heavy atom. The molecular weight excluding hydrogens is 554 g/mol. The number of hydrogen-bond donors (Lipinski definition) is 3. The number of aryl methyl sites for hydroxylation is 1. The second kappa shape index (κ2) is 11.8. The zero-order valence-electron chi connectivity index (χ0n) is 22.4. The van der Waals surface area contributed by atoms with E-state index >= 15 is 4.39 Å². The molecule has 0 spiro atoms. The Labute approximate surface area is 243 Å². The third-order valence-corrected chi connectivity index (χ3v) is 8.39. The molecule has 2 aromatic carbocycles. The Kier molecular flexibility index (Phi) is 8.40. The quantitative estimate of drug-likeness (QED) is 0.407. The van der Waals surface area contributed by atoms with Gasteiger partial charge in [0.2, 0.25) is 5.91 Å². The molecule has 0 radical (unpaired) electrons. The van der Waals surface area contributed by atoms with Crippen LogP contribution in [0.25, 0.3) is 5.57 Å². The molecular formula is C30H33Cl2FN4O3. The monoisotopic (exact) mass is 586 g/mol. The van der Waals surface area contributed by atoms with E-state index in [-0.39, 0.29) is 47.6 Å². The first-order chi connectivity index (χ1) is 19.2. The van der Waals surface area contributed by atoms with Crippen molar-refractivity contribution < 1.29 is 19.1 Å². The van der Waals surface area contributed by atoms with Gasteiger partial charge < -0.3 is 25.5 Å². The Morgan fingerprint density at radius 2 is 1.93 bits per heavy atom. The molecule has 1 saturated carbocycles. The van der Waals surface area contributed by atoms with Gasteiger partial charge in [-0.25, -0.2) is 4.39 Å². The first kappa shape index (κ1) is 28.5. The van der Waals surface area contributed by atoms with Gasteiger partial charge in [0.1, 0.15) is 5.82 Å². The van der Waals surface area contributed by atoms with Crippen molar-refractivity contribution >= 4 is 52.0 Å². The van der Waals surface area contributed by atoms with E-state index in [4.69, 9.17) is 28.3 Å². The van der Waals surface area contributed by atoms with Gasteiger partial charge in [0.15, 0.2) is 0 Å². The fourth-order valence-corrected chi connectivity index (χ4v) is 6.12. The molecule has 212 valence electrons. The molecule has 1 saturated heterocycles. The van der Waals surface area contributed by atoms with Crippen molar-refractivity contribution in [2.75, 3.05) is 36.0 Å². The lowest BCUT2D eigenvalue weighted by molar-refractivity contribution is -0.125. The average Bonchev–Trinajstić information content (AvgIpc) is 3.77. The molecule has 1 atom stereocenters. The maximum Gasteiger partial charge on any atom is 0.253 e. The molecule has 3 N–H and O–H groups in total. The van der Waals surface area contributed by atoms with Crippen LogP contribution in [0.15, 0.2) is 42.6 Å². The fraction of sp³-hybridized carbons (Fsp3) is 0.400. The van der Waals surface area contributed by atoms with E-state index in [1.54, 1.807) is 12.3 Å². The lowest BCUT2D eigenvalue weighted by Crippen LogP contribution is -2.44. The van der Waals surface area contributed by atoms with E-state index in [1.165, 1.54) is 6.07 Å². The van der Waals surface area contributed by atoms with Gasteiger partial charge in [-0.15, -0.1) is 0 Å². The molecule has 40 heavy (non-hydrogen) atoms. The fourth-order valence-electron chi connectivity index (χ4n) is 5.48. The van der Waals surface area contributed by atoms with Crippen LogP contribution in [0.1, 0.15) is 42.4 Å². The lowest BCUT2D eigenvalue weighted by atomic mass is 9.92. The molecule has 0 aromatic heterocycles. The zero-order chi connectivity index (χ0) is 28.6. The number of aliphatic hydroxyl groups excluding tert-OH is 1. The van der Waals surface area contributed by atoms with Gasteiger partial charge in [-0.3, -0.25) is 9.59 Å². The van der Waals surface area contributed by atoms with Crippen LogP contribution in [0.2, 0.25) is 10.0 Å². The lowest BCUT2D eigenvalue weighted by Gasteiger charge is -2.37. The van der Waals surface area contributed by atoms with Gasteiger partial charge >= 0.3 is 0 Å². The number of rotatable bonds is 8. The van der Waals surface area contributed by atoms with Crippen LogP contribution in [0.5, 0.6) is 0 Å². The van der Waals surface area contributed by atoms with Crippen LogP contribution in [-0.4, -0.2) is 49.2 Å². The largest absolute Gasteiger partial charge is 0.395 e. The highest BCUT2D eigenvalue weighted by Crippen LogP contribution is 2.50. The summed E-state index contributed by atoms with van der Waals surface area (Å²) in [6.45, 7) is 7.35. The molecule has 7 nitrogen and oxygen atoms in total. The molecule has 1 unspecified atom stereocenters. The second-order valence-corrected chi connectivity index (χ2v) is 11.4. The van der Waals surface area contributed by atoms with E-state index in [2.05, 4.69) is 17.2 Å². The molecule has 2 fully saturated rings. The van der Waals surface area contributed by atoms with Crippen LogP contribution in [0.3, 0.4) is 0 Å².